The highest BCUT2D eigenvalue weighted by atomic mass is 16.5. The highest BCUT2D eigenvalue weighted by Gasteiger charge is 2.10. The number of benzene rings is 3. The van der Waals surface area contributed by atoms with Gasteiger partial charge in [-0.2, -0.15) is 0 Å². The van der Waals surface area contributed by atoms with Crippen molar-refractivity contribution in [3.63, 3.8) is 0 Å². The van der Waals surface area contributed by atoms with Crippen LogP contribution in [0.2, 0.25) is 0 Å². The first-order valence-electron chi connectivity index (χ1n) is 12.6. The number of aromatic nitrogens is 2. The minimum absolute atomic E-state index is 0.0961. The molecular formula is C30H35N3O2. The Morgan fingerprint density at radius 1 is 0.886 bits per heavy atom. The van der Waals surface area contributed by atoms with Crippen LogP contribution in [0.3, 0.4) is 0 Å². The molecule has 5 nitrogen and oxygen atoms in total. The number of fused-ring (bicyclic) bond motifs is 1. The lowest BCUT2D eigenvalue weighted by atomic mass is 10.1. The van der Waals surface area contributed by atoms with Crippen LogP contribution in [-0.2, 0) is 24.2 Å². The number of rotatable bonds is 13. The second kappa shape index (κ2) is 12.7. The van der Waals surface area contributed by atoms with Crippen molar-refractivity contribution < 1.29 is 9.53 Å². The van der Waals surface area contributed by atoms with Gasteiger partial charge < -0.3 is 14.6 Å². The molecule has 0 saturated heterocycles. The van der Waals surface area contributed by atoms with Gasteiger partial charge in [0.1, 0.15) is 11.6 Å². The van der Waals surface area contributed by atoms with Gasteiger partial charge in [0.2, 0.25) is 5.91 Å². The molecule has 0 radical (unpaired) electrons. The van der Waals surface area contributed by atoms with Gasteiger partial charge in [-0.3, -0.25) is 4.79 Å². The Kier molecular flexibility index (Phi) is 8.93. The van der Waals surface area contributed by atoms with E-state index in [0.717, 1.165) is 73.4 Å². The van der Waals surface area contributed by atoms with Crippen molar-refractivity contribution in [1.29, 1.82) is 0 Å². The van der Waals surface area contributed by atoms with E-state index < -0.39 is 0 Å². The molecule has 5 heteroatoms. The monoisotopic (exact) mass is 469 g/mol. The van der Waals surface area contributed by atoms with Crippen molar-refractivity contribution in [2.75, 3.05) is 13.2 Å². The smallest absolute Gasteiger partial charge is 0.224 e. The lowest BCUT2D eigenvalue weighted by Crippen LogP contribution is -2.26. The Labute approximate surface area is 208 Å². The highest BCUT2D eigenvalue weighted by Crippen LogP contribution is 2.19. The molecule has 3 aromatic carbocycles. The van der Waals surface area contributed by atoms with Crippen LogP contribution < -0.4 is 10.1 Å². The summed E-state index contributed by atoms with van der Waals surface area (Å²) in [6.07, 6.45) is 5.40. The Balaban J connectivity index is 1.21. The number of aryl methyl sites for hydroxylation is 3. The number of amides is 1. The number of nitrogens with one attached hydrogen (secondary N) is 1. The van der Waals surface area contributed by atoms with Crippen LogP contribution in [0.15, 0.2) is 78.9 Å². The van der Waals surface area contributed by atoms with Crippen molar-refractivity contribution >= 4 is 16.9 Å². The zero-order valence-corrected chi connectivity index (χ0v) is 20.6. The van der Waals surface area contributed by atoms with Crippen LogP contribution in [0.1, 0.15) is 42.6 Å². The van der Waals surface area contributed by atoms with Gasteiger partial charge in [-0.1, -0.05) is 61.0 Å². The van der Waals surface area contributed by atoms with E-state index in [4.69, 9.17) is 9.72 Å². The number of unbranched alkanes of at least 4 members (excludes halogenated alkanes) is 2. The largest absolute Gasteiger partial charge is 0.494 e. The summed E-state index contributed by atoms with van der Waals surface area (Å²) in [6.45, 7) is 4.33. The second-order valence-electron chi connectivity index (χ2n) is 8.95. The van der Waals surface area contributed by atoms with E-state index >= 15 is 0 Å². The molecule has 1 aromatic heterocycles. The lowest BCUT2D eigenvalue weighted by molar-refractivity contribution is -0.120. The summed E-state index contributed by atoms with van der Waals surface area (Å²) in [7, 11) is 0. The summed E-state index contributed by atoms with van der Waals surface area (Å²) in [5.41, 5.74) is 4.50. The molecule has 0 spiro atoms. The highest BCUT2D eigenvalue weighted by molar-refractivity contribution is 5.78. The number of hydrogen-bond donors (Lipinski definition) is 1. The number of hydrogen-bond acceptors (Lipinski definition) is 3. The first kappa shape index (κ1) is 24.5. The van der Waals surface area contributed by atoms with E-state index in [-0.39, 0.29) is 5.91 Å². The molecule has 182 valence electrons. The van der Waals surface area contributed by atoms with E-state index in [1.807, 2.05) is 67.6 Å². The third-order valence-corrected chi connectivity index (χ3v) is 6.28. The predicted octanol–water partition coefficient (Wildman–Crippen LogP) is 5.89. The predicted molar refractivity (Wildman–Crippen MR) is 142 cm³/mol. The first-order chi connectivity index (χ1) is 17.2. The zero-order valence-electron chi connectivity index (χ0n) is 20.6. The number of imidazole rings is 1. The molecule has 0 bridgehead atoms. The van der Waals surface area contributed by atoms with Crippen LogP contribution >= 0.6 is 0 Å². The maximum atomic E-state index is 12.2. The van der Waals surface area contributed by atoms with Crippen molar-refractivity contribution in [2.24, 2.45) is 0 Å². The fourth-order valence-electron chi connectivity index (χ4n) is 4.35. The van der Waals surface area contributed by atoms with Gasteiger partial charge in [-0.15, -0.1) is 0 Å². The van der Waals surface area contributed by atoms with Gasteiger partial charge in [0.05, 0.1) is 24.1 Å². The van der Waals surface area contributed by atoms with E-state index in [9.17, 15) is 4.79 Å². The molecule has 0 aliphatic heterocycles. The molecule has 1 amide bonds. The van der Waals surface area contributed by atoms with E-state index in [2.05, 4.69) is 28.1 Å². The van der Waals surface area contributed by atoms with Crippen LogP contribution in [0.4, 0.5) is 0 Å². The average molecular weight is 470 g/mol. The topological polar surface area (TPSA) is 56.2 Å². The van der Waals surface area contributed by atoms with Crippen LogP contribution in [0.5, 0.6) is 5.75 Å². The Hall–Kier alpha value is -3.60. The molecule has 4 aromatic rings. The summed E-state index contributed by atoms with van der Waals surface area (Å²) in [5, 5.41) is 3.06. The third-order valence-electron chi connectivity index (χ3n) is 6.28. The quantitative estimate of drug-likeness (QED) is 0.249. The number of nitrogens with zero attached hydrogens (tertiary/aromatic N) is 2. The minimum atomic E-state index is 0.0961. The molecular weight excluding hydrogens is 434 g/mol. The molecule has 4 rings (SSSR count). The molecule has 0 fully saturated rings. The van der Waals surface area contributed by atoms with E-state index in [1.54, 1.807) is 0 Å². The molecule has 0 saturated carbocycles. The van der Waals surface area contributed by atoms with Gasteiger partial charge >= 0.3 is 0 Å². The fraction of sp³-hybridized carbons (Fsp3) is 0.333. The summed E-state index contributed by atoms with van der Waals surface area (Å²) < 4.78 is 8.22. The van der Waals surface area contributed by atoms with Gasteiger partial charge in [0.15, 0.2) is 0 Å². The zero-order chi connectivity index (χ0) is 24.3. The average Bonchev–Trinajstić information content (AvgIpc) is 3.23. The van der Waals surface area contributed by atoms with Gasteiger partial charge in [-0.05, 0) is 61.6 Å². The van der Waals surface area contributed by atoms with Gasteiger partial charge in [-0.25, -0.2) is 4.98 Å². The third kappa shape index (κ3) is 7.19. The van der Waals surface area contributed by atoms with Crippen LogP contribution in [-0.4, -0.2) is 28.6 Å². The molecule has 35 heavy (non-hydrogen) atoms. The normalized spacial score (nSPS) is 11.0. The summed E-state index contributed by atoms with van der Waals surface area (Å²) in [4.78, 5) is 17.1. The molecule has 0 atom stereocenters. The maximum Gasteiger partial charge on any atom is 0.224 e. The fourth-order valence-corrected chi connectivity index (χ4v) is 4.35. The van der Waals surface area contributed by atoms with E-state index in [1.165, 1.54) is 5.52 Å². The van der Waals surface area contributed by atoms with E-state index in [0.29, 0.717) is 13.0 Å². The number of carbonyl (C=O) groups is 1. The second-order valence-corrected chi connectivity index (χ2v) is 8.95. The number of ether oxygens (including phenoxy) is 1. The molecule has 0 aliphatic carbocycles. The standard InChI is InChI=1S/C30H35N3O2/c1-24-13-7-8-14-25(24)23-30(34)31-20-11-3-6-19-29-32-27-17-9-10-18-28(27)33(29)21-12-22-35-26-15-4-2-5-16-26/h2,4-5,7-10,13-18H,3,6,11-12,19-23H2,1H3,(H,31,34). The molecule has 1 N–H and O–H groups in total. The van der Waals surface area contributed by atoms with Crippen LogP contribution in [0, 0.1) is 6.92 Å². The lowest BCUT2D eigenvalue weighted by Gasteiger charge is -2.11. The maximum absolute atomic E-state index is 12.2. The Morgan fingerprint density at radius 2 is 1.66 bits per heavy atom. The molecule has 1 heterocycles. The first-order valence-corrected chi connectivity index (χ1v) is 12.6. The summed E-state index contributed by atoms with van der Waals surface area (Å²) in [5.74, 6) is 2.14. The molecule has 0 aliphatic rings. The minimum Gasteiger partial charge on any atom is -0.494 e. The molecule has 0 unspecified atom stereocenters. The SMILES string of the molecule is Cc1ccccc1CC(=O)NCCCCCc1nc2ccccc2n1CCCOc1ccccc1. The van der Waals surface area contributed by atoms with Crippen molar-refractivity contribution in [2.45, 2.75) is 52.0 Å². The number of carbonyl (C=O) groups excluding carboxylic acids is 1. The number of para-hydroxylation sites is 3. The van der Waals surface area contributed by atoms with Crippen molar-refractivity contribution in [3.8, 4) is 5.75 Å². The Morgan fingerprint density at radius 3 is 2.51 bits per heavy atom. The van der Waals surface area contributed by atoms with Crippen LogP contribution in [0.25, 0.3) is 11.0 Å². The summed E-state index contributed by atoms with van der Waals surface area (Å²) >= 11 is 0. The van der Waals surface area contributed by atoms with Gasteiger partial charge in [0, 0.05) is 19.5 Å². The van der Waals surface area contributed by atoms with Gasteiger partial charge in [0.25, 0.3) is 0 Å². The van der Waals surface area contributed by atoms with Crippen molar-refractivity contribution in [3.05, 3.63) is 95.8 Å². The van der Waals surface area contributed by atoms with Crippen molar-refractivity contribution in [1.82, 2.24) is 14.9 Å². The summed E-state index contributed by atoms with van der Waals surface area (Å²) in [6, 6.07) is 26.4. The Bertz CT molecular complexity index is 1220.